The Morgan fingerprint density at radius 2 is 2.15 bits per heavy atom. The second-order valence-corrected chi connectivity index (χ2v) is 5.35. The molecule has 0 bridgehead atoms. The fraction of sp³-hybridized carbons (Fsp3) is 0.143. The smallest absolute Gasteiger partial charge is 0.255 e. The molecule has 0 fully saturated rings. The van der Waals surface area contributed by atoms with Crippen molar-refractivity contribution in [2.24, 2.45) is 0 Å². The summed E-state index contributed by atoms with van der Waals surface area (Å²) in [4.78, 5) is 16.1. The van der Waals surface area contributed by atoms with E-state index in [1.807, 2.05) is 13.0 Å². The molecular weight excluding hydrogens is 344 g/mol. The lowest BCUT2D eigenvalue weighted by Gasteiger charge is -2.09. The van der Waals surface area contributed by atoms with Gasteiger partial charge in [-0.3, -0.25) is 4.79 Å². The quantitative estimate of drug-likeness (QED) is 0.845. The maximum atomic E-state index is 12.1. The zero-order chi connectivity index (χ0) is 14.7. The van der Waals surface area contributed by atoms with E-state index in [-0.39, 0.29) is 5.91 Å². The summed E-state index contributed by atoms with van der Waals surface area (Å²) in [5.41, 5.74) is 2.05. The molecule has 20 heavy (non-hydrogen) atoms. The van der Waals surface area contributed by atoms with Gasteiger partial charge in [-0.25, -0.2) is 4.98 Å². The zero-order valence-corrected chi connectivity index (χ0v) is 13.2. The van der Waals surface area contributed by atoms with E-state index < -0.39 is 0 Å². The Balaban J connectivity index is 2.21. The Morgan fingerprint density at radius 3 is 2.80 bits per heavy atom. The molecule has 0 saturated carbocycles. The first-order valence-corrected chi connectivity index (χ1v) is 6.95. The molecule has 1 N–H and O–H groups in total. The molecule has 2 aromatic rings. The highest BCUT2D eigenvalue weighted by atomic mass is 79.9. The molecule has 1 amide bonds. The number of rotatable bonds is 3. The number of hydrogen-bond acceptors (Lipinski definition) is 3. The van der Waals surface area contributed by atoms with Crippen molar-refractivity contribution in [3.05, 3.63) is 51.2 Å². The number of halogens is 2. The van der Waals surface area contributed by atoms with E-state index in [2.05, 4.69) is 26.2 Å². The number of carbonyl (C=O) groups excluding carboxylic acids is 1. The van der Waals surface area contributed by atoms with E-state index in [0.717, 1.165) is 5.56 Å². The van der Waals surface area contributed by atoms with E-state index in [4.69, 9.17) is 16.3 Å². The van der Waals surface area contributed by atoms with Gasteiger partial charge in [0, 0.05) is 5.56 Å². The van der Waals surface area contributed by atoms with Gasteiger partial charge < -0.3 is 10.1 Å². The highest BCUT2D eigenvalue weighted by Gasteiger charge is 2.10. The lowest BCUT2D eigenvalue weighted by Crippen LogP contribution is -2.12. The number of benzene rings is 1. The van der Waals surface area contributed by atoms with Gasteiger partial charge in [0.1, 0.15) is 10.9 Å². The van der Waals surface area contributed by atoms with Crippen molar-refractivity contribution in [3.63, 3.8) is 0 Å². The minimum atomic E-state index is -0.237. The van der Waals surface area contributed by atoms with Crippen LogP contribution < -0.4 is 10.1 Å². The second-order valence-electron chi connectivity index (χ2n) is 4.14. The first kappa shape index (κ1) is 14.8. The van der Waals surface area contributed by atoms with Crippen LogP contribution in [0.2, 0.25) is 5.15 Å². The lowest BCUT2D eigenvalue weighted by atomic mass is 10.1. The number of hydrogen-bond donors (Lipinski definition) is 1. The number of pyridine rings is 1. The Morgan fingerprint density at radius 1 is 1.40 bits per heavy atom. The van der Waals surface area contributed by atoms with E-state index >= 15 is 0 Å². The fourth-order valence-electron chi connectivity index (χ4n) is 1.65. The summed E-state index contributed by atoms with van der Waals surface area (Å²) in [6.07, 6.45) is 1.50. The van der Waals surface area contributed by atoms with Crippen molar-refractivity contribution in [3.8, 4) is 5.75 Å². The summed E-state index contributed by atoms with van der Waals surface area (Å²) in [5, 5.41) is 3.10. The zero-order valence-electron chi connectivity index (χ0n) is 10.9. The molecule has 0 aliphatic rings. The standard InChI is InChI=1S/C14H12BrClN2O2/c1-8-3-4-9(5-12(8)20-2)14(19)18-10-6-11(15)13(16)17-7-10/h3-7H,1-2H3,(H,18,19). The Kier molecular flexibility index (Phi) is 4.62. The molecular formula is C14H12BrClN2O2. The minimum absolute atomic E-state index is 0.237. The van der Waals surface area contributed by atoms with Crippen LogP contribution in [0.1, 0.15) is 15.9 Å². The van der Waals surface area contributed by atoms with E-state index in [1.54, 1.807) is 25.3 Å². The first-order valence-electron chi connectivity index (χ1n) is 5.78. The van der Waals surface area contributed by atoms with Gasteiger partial charge in [-0.2, -0.15) is 0 Å². The number of ether oxygens (including phenoxy) is 1. The molecule has 2 rings (SSSR count). The van der Waals surface area contributed by atoms with Gasteiger partial charge in [-0.05, 0) is 46.6 Å². The minimum Gasteiger partial charge on any atom is -0.496 e. The topological polar surface area (TPSA) is 51.2 Å². The van der Waals surface area contributed by atoms with Crippen LogP contribution in [-0.4, -0.2) is 18.0 Å². The third-order valence-corrected chi connectivity index (χ3v) is 3.86. The van der Waals surface area contributed by atoms with Crippen LogP contribution in [0, 0.1) is 6.92 Å². The van der Waals surface area contributed by atoms with Gasteiger partial charge in [0.25, 0.3) is 5.91 Å². The number of nitrogens with one attached hydrogen (secondary N) is 1. The third-order valence-electron chi connectivity index (χ3n) is 2.72. The predicted octanol–water partition coefficient (Wildman–Crippen LogP) is 4.07. The van der Waals surface area contributed by atoms with Gasteiger partial charge in [-0.1, -0.05) is 17.7 Å². The molecule has 0 saturated heterocycles. The molecule has 0 unspecified atom stereocenters. The molecule has 1 aromatic heterocycles. The lowest BCUT2D eigenvalue weighted by molar-refractivity contribution is 0.102. The second kappa shape index (κ2) is 6.24. The van der Waals surface area contributed by atoms with E-state index in [1.165, 1.54) is 6.20 Å². The number of methoxy groups -OCH3 is 1. The molecule has 0 aliphatic carbocycles. The summed E-state index contributed by atoms with van der Waals surface area (Å²) < 4.78 is 5.83. The normalized spacial score (nSPS) is 10.2. The van der Waals surface area contributed by atoms with Gasteiger partial charge in [0.2, 0.25) is 0 Å². The largest absolute Gasteiger partial charge is 0.496 e. The Bertz CT molecular complexity index is 662. The average Bonchev–Trinajstić information content (AvgIpc) is 2.43. The van der Waals surface area contributed by atoms with E-state index in [9.17, 15) is 4.79 Å². The maximum Gasteiger partial charge on any atom is 0.255 e. The van der Waals surface area contributed by atoms with Crippen LogP contribution >= 0.6 is 27.5 Å². The van der Waals surface area contributed by atoms with Crippen molar-refractivity contribution in [1.29, 1.82) is 0 Å². The Labute approximate surface area is 130 Å². The third kappa shape index (κ3) is 3.29. The van der Waals surface area contributed by atoms with Gasteiger partial charge in [0.15, 0.2) is 0 Å². The van der Waals surface area contributed by atoms with Crippen molar-refractivity contribution in [1.82, 2.24) is 4.98 Å². The predicted molar refractivity (Wildman–Crippen MR) is 82.6 cm³/mol. The Hall–Kier alpha value is -1.59. The number of amides is 1. The number of nitrogens with zero attached hydrogens (tertiary/aromatic N) is 1. The summed E-state index contributed by atoms with van der Waals surface area (Å²) in [6.45, 7) is 1.92. The van der Waals surface area contributed by atoms with Crippen molar-refractivity contribution in [2.45, 2.75) is 6.92 Å². The summed E-state index contributed by atoms with van der Waals surface area (Å²) in [5.74, 6) is 0.437. The molecule has 6 heteroatoms. The summed E-state index contributed by atoms with van der Waals surface area (Å²) >= 11 is 9.06. The van der Waals surface area contributed by atoms with E-state index in [0.29, 0.717) is 26.6 Å². The molecule has 4 nitrogen and oxygen atoms in total. The molecule has 104 valence electrons. The summed E-state index contributed by atoms with van der Waals surface area (Å²) in [7, 11) is 1.57. The van der Waals surface area contributed by atoms with Crippen molar-refractivity contribution < 1.29 is 9.53 Å². The molecule has 0 radical (unpaired) electrons. The molecule has 0 spiro atoms. The summed E-state index contributed by atoms with van der Waals surface area (Å²) in [6, 6.07) is 6.97. The van der Waals surface area contributed by atoms with Gasteiger partial charge >= 0.3 is 0 Å². The molecule has 1 aromatic carbocycles. The van der Waals surface area contributed by atoms with Crippen molar-refractivity contribution >= 4 is 39.1 Å². The molecule has 1 heterocycles. The fourth-order valence-corrected chi connectivity index (χ4v) is 2.11. The monoisotopic (exact) mass is 354 g/mol. The van der Waals surface area contributed by atoms with Crippen LogP contribution in [-0.2, 0) is 0 Å². The van der Waals surface area contributed by atoms with Crippen LogP contribution in [0.4, 0.5) is 5.69 Å². The number of aromatic nitrogens is 1. The highest BCUT2D eigenvalue weighted by Crippen LogP contribution is 2.24. The average molecular weight is 356 g/mol. The van der Waals surface area contributed by atoms with Crippen LogP contribution in [0.5, 0.6) is 5.75 Å². The SMILES string of the molecule is COc1cc(C(=O)Nc2cnc(Cl)c(Br)c2)ccc1C. The molecule has 0 atom stereocenters. The van der Waals surface area contributed by atoms with Crippen LogP contribution in [0.15, 0.2) is 34.9 Å². The maximum absolute atomic E-state index is 12.1. The first-order chi connectivity index (χ1) is 9.51. The van der Waals surface area contributed by atoms with Crippen molar-refractivity contribution in [2.75, 3.05) is 12.4 Å². The highest BCUT2D eigenvalue weighted by molar-refractivity contribution is 9.10. The van der Waals surface area contributed by atoms with Crippen LogP contribution in [0.25, 0.3) is 0 Å². The van der Waals surface area contributed by atoms with Gasteiger partial charge in [-0.15, -0.1) is 0 Å². The number of aryl methyl sites for hydroxylation is 1. The van der Waals surface area contributed by atoms with Crippen LogP contribution in [0.3, 0.4) is 0 Å². The number of carbonyl (C=O) groups is 1. The van der Waals surface area contributed by atoms with Gasteiger partial charge in [0.05, 0.1) is 23.5 Å². The molecule has 0 aliphatic heterocycles. The number of anilines is 1.